The molecule has 0 saturated carbocycles. The van der Waals surface area contributed by atoms with Crippen LogP contribution in [0, 0.1) is 5.92 Å². The summed E-state index contributed by atoms with van der Waals surface area (Å²) < 4.78 is 16.6. The van der Waals surface area contributed by atoms with E-state index in [1.54, 1.807) is 6.20 Å². The third-order valence-corrected chi connectivity index (χ3v) is 5.94. The monoisotopic (exact) mass is 482 g/mol. The molecule has 35 heavy (non-hydrogen) atoms. The number of nitrogens with zero attached hydrogens (tertiary/aromatic N) is 2. The van der Waals surface area contributed by atoms with Crippen LogP contribution in [0.5, 0.6) is 5.75 Å². The van der Waals surface area contributed by atoms with Gasteiger partial charge in [-0.25, -0.2) is 9.78 Å². The first kappa shape index (κ1) is 26.7. The Labute approximate surface area is 208 Å². The van der Waals surface area contributed by atoms with Gasteiger partial charge in [0.2, 0.25) is 0 Å². The summed E-state index contributed by atoms with van der Waals surface area (Å²) in [6.45, 7) is 10.7. The summed E-state index contributed by atoms with van der Waals surface area (Å²) in [4.78, 5) is 30.8. The van der Waals surface area contributed by atoms with Gasteiger partial charge in [0.15, 0.2) is 5.69 Å². The Morgan fingerprint density at radius 3 is 2.60 bits per heavy atom. The summed E-state index contributed by atoms with van der Waals surface area (Å²) in [5, 5.41) is 0. The van der Waals surface area contributed by atoms with E-state index in [4.69, 9.17) is 14.2 Å². The minimum absolute atomic E-state index is 0.133. The van der Waals surface area contributed by atoms with E-state index in [2.05, 4.69) is 9.88 Å². The van der Waals surface area contributed by atoms with Crippen LogP contribution in [-0.4, -0.2) is 60.3 Å². The molecule has 1 aromatic heterocycles. The SMILES string of the molecule is CCOC(=O)CN1CCC(CCCOc2cccc(-c3cccnc3C(=O)OC(C)(C)C)c2)CC1. The average Bonchev–Trinajstić information content (AvgIpc) is 2.82. The fourth-order valence-electron chi connectivity index (χ4n) is 4.27. The molecule has 0 N–H and O–H groups in total. The first-order valence-electron chi connectivity index (χ1n) is 12.5. The van der Waals surface area contributed by atoms with Gasteiger partial charge in [-0.2, -0.15) is 0 Å². The molecule has 7 heteroatoms. The minimum Gasteiger partial charge on any atom is -0.494 e. The lowest BCUT2D eigenvalue weighted by Crippen LogP contribution is -2.38. The summed E-state index contributed by atoms with van der Waals surface area (Å²) in [5.74, 6) is 0.861. The van der Waals surface area contributed by atoms with Crippen LogP contribution in [0.4, 0.5) is 0 Å². The van der Waals surface area contributed by atoms with E-state index in [0.717, 1.165) is 55.6 Å². The van der Waals surface area contributed by atoms with Crippen molar-refractivity contribution in [1.29, 1.82) is 0 Å². The lowest BCUT2D eigenvalue weighted by molar-refractivity contribution is -0.144. The number of ether oxygens (including phenoxy) is 3. The zero-order valence-electron chi connectivity index (χ0n) is 21.4. The number of aromatic nitrogens is 1. The van der Waals surface area contributed by atoms with Gasteiger partial charge >= 0.3 is 11.9 Å². The molecule has 1 aliphatic heterocycles. The van der Waals surface area contributed by atoms with Crippen LogP contribution in [-0.2, 0) is 14.3 Å². The number of esters is 2. The van der Waals surface area contributed by atoms with Gasteiger partial charge in [0, 0.05) is 11.8 Å². The highest BCUT2D eigenvalue weighted by molar-refractivity contribution is 5.95. The molecule has 0 unspecified atom stereocenters. The first-order chi connectivity index (χ1) is 16.7. The Morgan fingerprint density at radius 2 is 1.89 bits per heavy atom. The molecule has 2 heterocycles. The second kappa shape index (κ2) is 12.7. The molecule has 190 valence electrons. The van der Waals surface area contributed by atoms with Crippen molar-refractivity contribution in [1.82, 2.24) is 9.88 Å². The molecule has 3 rings (SSSR count). The van der Waals surface area contributed by atoms with Gasteiger partial charge in [-0.15, -0.1) is 0 Å². The number of hydrogen-bond acceptors (Lipinski definition) is 7. The standard InChI is InChI=1S/C28H38N2O5/c1-5-33-25(31)20-30-16-13-21(14-17-30)9-8-18-34-23-11-6-10-22(19-23)24-12-7-15-29-26(24)27(32)35-28(2,3)4/h6-7,10-12,15,19,21H,5,8-9,13-14,16-18,20H2,1-4H3. The molecule has 1 saturated heterocycles. The fraction of sp³-hybridized carbons (Fsp3) is 0.536. The van der Waals surface area contributed by atoms with E-state index in [1.165, 1.54) is 0 Å². The van der Waals surface area contributed by atoms with Gasteiger partial charge in [0.05, 0.1) is 19.8 Å². The minimum atomic E-state index is -0.589. The first-order valence-corrected chi connectivity index (χ1v) is 12.5. The Bertz CT molecular complexity index is 977. The average molecular weight is 483 g/mol. The maximum Gasteiger partial charge on any atom is 0.358 e. The summed E-state index contributed by atoms with van der Waals surface area (Å²) in [7, 11) is 0. The molecular weight excluding hydrogens is 444 g/mol. The van der Waals surface area contributed by atoms with Crippen LogP contribution in [0.1, 0.15) is 63.9 Å². The molecule has 2 aromatic rings. The third kappa shape index (κ3) is 8.66. The van der Waals surface area contributed by atoms with Crippen molar-refractivity contribution in [2.75, 3.05) is 32.8 Å². The second-order valence-electron chi connectivity index (χ2n) is 9.94. The lowest BCUT2D eigenvalue weighted by atomic mass is 9.92. The maximum atomic E-state index is 12.7. The molecule has 0 atom stereocenters. The lowest BCUT2D eigenvalue weighted by Gasteiger charge is -2.31. The van der Waals surface area contributed by atoms with Crippen molar-refractivity contribution >= 4 is 11.9 Å². The summed E-state index contributed by atoms with van der Waals surface area (Å²) >= 11 is 0. The number of piperidine rings is 1. The van der Waals surface area contributed by atoms with Crippen molar-refractivity contribution < 1.29 is 23.8 Å². The van der Waals surface area contributed by atoms with E-state index in [-0.39, 0.29) is 5.97 Å². The molecule has 0 aliphatic carbocycles. The summed E-state index contributed by atoms with van der Waals surface area (Å²) in [6.07, 6.45) is 5.89. The van der Waals surface area contributed by atoms with E-state index in [0.29, 0.717) is 31.4 Å². The van der Waals surface area contributed by atoms with Gasteiger partial charge in [0.25, 0.3) is 0 Å². The highest BCUT2D eigenvalue weighted by Gasteiger charge is 2.23. The molecule has 1 aromatic carbocycles. The summed E-state index contributed by atoms with van der Waals surface area (Å²) in [5.41, 5.74) is 1.30. The normalized spacial score (nSPS) is 15.0. The number of benzene rings is 1. The molecule has 0 amide bonds. The second-order valence-corrected chi connectivity index (χ2v) is 9.94. The number of rotatable bonds is 10. The number of likely N-dealkylation sites (tertiary alicyclic amines) is 1. The predicted octanol–water partition coefficient (Wildman–Crippen LogP) is 5.14. The Kier molecular flexibility index (Phi) is 9.66. The van der Waals surface area contributed by atoms with E-state index < -0.39 is 11.6 Å². The van der Waals surface area contributed by atoms with Gasteiger partial charge in [-0.1, -0.05) is 18.2 Å². The van der Waals surface area contributed by atoms with Crippen LogP contribution in [0.2, 0.25) is 0 Å². The zero-order valence-corrected chi connectivity index (χ0v) is 21.4. The Morgan fingerprint density at radius 1 is 1.11 bits per heavy atom. The number of carbonyl (C=O) groups excluding carboxylic acids is 2. The molecule has 1 fully saturated rings. The highest BCUT2D eigenvalue weighted by Crippen LogP contribution is 2.28. The fourth-order valence-corrected chi connectivity index (χ4v) is 4.27. The molecular formula is C28H38N2O5. The topological polar surface area (TPSA) is 78.0 Å². The van der Waals surface area contributed by atoms with Gasteiger partial charge in [-0.3, -0.25) is 9.69 Å². The van der Waals surface area contributed by atoms with Crippen molar-refractivity contribution in [3.05, 3.63) is 48.3 Å². The Hall–Kier alpha value is -2.93. The number of pyridine rings is 1. The quantitative estimate of drug-likeness (QED) is 0.343. The number of hydrogen-bond donors (Lipinski definition) is 0. The summed E-state index contributed by atoms with van der Waals surface area (Å²) in [6, 6.07) is 11.4. The Balaban J connectivity index is 1.48. The van der Waals surface area contributed by atoms with Crippen LogP contribution >= 0.6 is 0 Å². The van der Waals surface area contributed by atoms with Crippen LogP contribution in [0.3, 0.4) is 0 Å². The van der Waals surface area contributed by atoms with Crippen molar-refractivity contribution in [3.8, 4) is 16.9 Å². The molecule has 0 bridgehead atoms. The highest BCUT2D eigenvalue weighted by atomic mass is 16.6. The molecule has 0 spiro atoms. The molecule has 1 aliphatic rings. The van der Waals surface area contributed by atoms with Gasteiger partial charge in [-0.05, 0) is 96.1 Å². The largest absolute Gasteiger partial charge is 0.494 e. The van der Waals surface area contributed by atoms with Crippen molar-refractivity contribution in [2.45, 2.75) is 59.0 Å². The van der Waals surface area contributed by atoms with Crippen molar-refractivity contribution in [3.63, 3.8) is 0 Å². The maximum absolute atomic E-state index is 12.7. The molecule has 7 nitrogen and oxygen atoms in total. The predicted molar refractivity (Wildman–Crippen MR) is 135 cm³/mol. The van der Waals surface area contributed by atoms with E-state index in [1.807, 2.05) is 64.1 Å². The van der Waals surface area contributed by atoms with Gasteiger partial charge in [0.1, 0.15) is 11.4 Å². The van der Waals surface area contributed by atoms with Crippen molar-refractivity contribution in [2.24, 2.45) is 5.92 Å². The van der Waals surface area contributed by atoms with Crippen LogP contribution in [0.15, 0.2) is 42.6 Å². The smallest absolute Gasteiger partial charge is 0.358 e. The van der Waals surface area contributed by atoms with Crippen LogP contribution in [0.25, 0.3) is 11.1 Å². The van der Waals surface area contributed by atoms with Gasteiger partial charge < -0.3 is 14.2 Å². The van der Waals surface area contributed by atoms with E-state index >= 15 is 0 Å². The number of carbonyl (C=O) groups is 2. The third-order valence-electron chi connectivity index (χ3n) is 5.94. The zero-order chi connectivity index (χ0) is 25.3. The molecule has 0 radical (unpaired) electrons. The van der Waals surface area contributed by atoms with E-state index in [9.17, 15) is 9.59 Å². The van der Waals surface area contributed by atoms with Crippen LogP contribution < -0.4 is 4.74 Å².